The maximum absolute atomic E-state index is 10.3. The average molecular weight is 455 g/mol. The molecule has 2 heterocycles. The van der Waals surface area contributed by atoms with Crippen LogP contribution in [0.2, 0.25) is 5.28 Å². The van der Waals surface area contributed by atoms with Crippen LogP contribution in [0.1, 0.15) is 18.0 Å². The van der Waals surface area contributed by atoms with E-state index in [0.717, 1.165) is 5.56 Å². The minimum absolute atomic E-state index is 0. The van der Waals surface area contributed by atoms with Gasteiger partial charge in [-0.3, -0.25) is 0 Å². The number of halogens is 2. The summed E-state index contributed by atoms with van der Waals surface area (Å²) in [5.41, 5.74) is 7.84. The molecule has 11 heteroatoms. The van der Waals surface area contributed by atoms with Gasteiger partial charge in [0, 0.05) is 6.04 Å². The molecule has 5 atom stereocenters. The van der Waals surface area contributed by atoms with Crippen molar-refractivity contribution in [3.8, 4) is 0 Å². The highest BCUT2D eigenvalue weighted by molar-refractivity contribution is 6.28. The number of aromatic nitrogens is 4. The van der Waals surface area contributed by atoms with E-state index in [4.69, 9.17) is 17.3 Å². The molecule has 30 heavy (non-hydrogen) atoms. The van der Waals surface area contributed by atoms with Crippen molar-refractivity contribution in [2.45, 2.75) is 43.2 Å². The predicted octanol–water partition coefficient (Wildman–Crippen LogP) is 0.911. The molecular weight excluding hydrogens is 431 g/mol. The van der Waals surface area contributed by atoms with Crippen molar-refractivity contribution < 1.29 is 15.3 Å². The monoisotopic (exact) mass is 454 g/mol. The van der Waals surface area contributed by atoms with Crippen LogP contribution in [-0.4, -0.2) is 65.7 Å². The Morgan fingerprint density at radius 1 is 1.20 bits per heavy atom. The van der Waals surface area contributed by atoms with Crippen molar-refractivity contribution in [1.82, 2.24) is 19.5 Å². The third kappa shape index (κ3) is 4.36. The van der Waals surface area contributed by atoms with E-state index < -0.39 is 24.3 Å². The van der Waals surface area contributed by atoms with Gasteiger partial charge in [-0.15, -0.1) is 12.4 Å². The normalized spacial score (nSPS) is 24.6. The third-order valence-electron chi connectivity index (χ3n) is 5.33. The Labute approximate surface area is 184 Å². The topological polar surface area (TPSA) is 142 Å². The van der Waals surface area contributed by atoms with Crippen LogP contribution in [0.25, 0.3) is 11.2 Å². The fourth-order valence-corrected chi connectivity index (χ4v) is 3.97. The number of anilines is 1. The number of rotatable bonds is 6. The van der Waals surface area contributed by atoms with Gasteiger partial charge < -0.3 is 30.9 Å². The maximum atomic E-state index is 10.3. The Kier molecular flexibility index (Phi) is 7.12. The number of hydrogen-bond acceptors (Lipinski definition) is 8. The summed E-state index contributed by atoms with van der Waals surface area (Å²) in [6.07, 6.45) is 0.451. The molecule has 0 bridgehead atoms. The molecule has 162 valence electrons. The molecule has 1 fully saturated rings. The lowest BCUT2D eigenvalue weighted by Crippen LogP contribution is -2.35. The molecule has 9 nitrogen and oxygen atoms in total. The zero-order valence-corrected chi connectivity index (χ0v) is 17.5. The van der Waals surface area contributed by atoms with Gasteiger partial charge in [0.15, 0.2) is 17.0 Å². The molecule has 0 aliphatic heterocycles. The van der Waals surface area contributed by atoms with Gasteiger partial charge in [-0.1, -0.05) is 30.3 Å². The van der Waals surface area contributed by atoms with Crippen molar-refractivity contribution in [2.24, 2.45) is 5.73 Å². The SMILES string of the molecule is Cl.NC1CC(n2cnc3c(N[C@H](CO)Cc4ccccc4)nc(Cl)nc32)C(O)C1O. The summed E-state index contributed by atoms with van der Waals surface area (Å²) in [7, 11) is 0. The first kappa shape index (κ1) is 22.7. The number of fused-ring (bicyclic) bond motifs is 1. The minimum atomic E-state index is -1.03. The summed E-state index contributed by atoms with van der Waals surface area (Å²) in [5, 5.41) is 33.4. The third-order valence-corrected chi connectivity index (χ3v) is 5.50. The van der Waals surface area contributed by atoms with Gasteiger partial charge in [-0.2, -0.15) is 9.97 Å². The van der Waals surface area contributed by atoms with Gasteiger partial charge in [0.25, 0.3) is 0 Å². The van der Waals surface area contributed by atoms with E-state index in [0.29, 0.717) is 29.8 Å². The van der Waals surface area contributed by atoms with Crippen LogP contribution in [-0.2, 0) is 6.42 Å². The Morgan fingerprint density at radius 3 is 2.57 bits per heavy atom. The highest BCUT2D eigenvalue weighted by Gasteiger charge is 2.41. The lowest BCUT2D eigenvalue weighted by atomic mass is 10.1. The van der Waals surface area contributed by atoms with Gasteiger partial charge in [-0.05, 0) is 30.0 Å². The van der Waals surface area contributed by atoms with Gasteiger partial charge >= 0.3 is 0 Å². The standard InChI is InChI=1S/C19H23ClN6O3.ClH/c20-19-24-17(23-11(8-27)6-10-4-2-1-3-5-10)14-18(25-19)26(9-22-14)13-7-12(21)15(28)16(13)29;/h1-5,9,11-13,15-16,27-29H,6-8,21H2,(H,23,24,25);1H/t11-,12?,13?,15?,16?;/m0./s1. The lowest BCUT2D eigenvalue weighted by Gasteiger charge is -2.19. The van der Waals surface area contributed by atoms with Gasteiger partial charge in [0.2, 0.25) is 5.28 Å². The smallest absolute Gasteiger partial charge is 0.226 e. The van der Waals surface area contributed by atoms with E-state index in [-0.39, 0.29) is 30.3 Å². The summed E-state index contributed by atoms with van der Waals surface area (Å²) >= 11 is 6.14. The Hall–Kier alpha value is -2.01. The van der Waals surface area contributed by atoms with E-state index >= 15 is 0 Å². The van der Waals surface area contributed by atoms with Crippen LogP contribution in [0.5, 0.6) is 0 Å². The van der Waals surface area contributed by atoms with Crippen LogP contribution < -0.4 is 11.1 Å². The number of nitrogens with one attached hydrogen (secondary N) is 1. The minimum Gasteiger partial charge on any atom is -0.394 e. The molecule has 0 saturated heterocycles. The molecule has 1 aliphatic rings. The van der Waals surface area contributed by atoms with Gasteiger partial charge in [0.05, 0.1) is 31.1 Å². The van der Waals surface area contributed by atoms with Crippen LogP contribution in [0, 0.1) is 0 Å². The molecule has 2 aromatic heterocycles. The highest BCUT2D eigenvalue weighted by Crippen LogP contribution is 2.33. The summed E-state index contributed by atoms with van der Waals surface area (Å²) in [6, 6.07) is 8.48. The lowest BCUT2D eigenvalue weighted by molar-refractivity contribution is 0.0187. The molecule has 0 spiro atoms. The first-order chi connectivity index (χ1) is 14.0. The number of hydrogen-bond donors (Lipinski definition) is 5. The molecule has 4 rings (SSSR count). The summed E-state index contributed by atoms with van der Waals surface area (Å²) in [4.78, 5) is 12.9. The zero-order chi connectivity index (χ0) is 20.5. The fourth-order valence-electron chi connectivity index (χ4n) is 3.80. The van der Waals surface area contributed by atoms with E-state index in [1.54, 1.807) is 4.57 Å². The molecular formula is C19H24Cl2N6O3. The second kappa shape index (κ2) is 9.42. The van der Waals surface area contributed by atoms with Crippen LogP contribution in [0.4, 0.5) is 5.82 Å². The predicted molar refractivity (Wildman–Crippen MR) is 116 cm³/mol. The first-order valence-electron chi connectivity index (χ1n) is 9.41. The molecule has 1 aromatic carbocycles. The summed E-state index contributed by atoms with van der Waals surface area (Å²) in [5.74, 6) is 0.395. The molecule has 1 aliphatic carbocycles. The second-order valence-corrected chi connectivity index (χ2v) is 7.67. The average Bonchev–Trinajstić information content (AvgIpc) is 3.24. The van der Waals surface area contributed by atoms with Crippen molar-refractivity contribution in [3.05, 3.63) is 47.5 Å². The van der Waals surface area contributed by atoms with Crippen LogP contribution in [0.3, 0.4) is 0 Å². The largest absolute Gasteiger partial charge is 0.394 e. The van der Waals surface area contributed by atoms with Crippen molar-refractivity contribution in [1.29, 1.82) is 0 Å². The van der Waals surface area contributed by atoms with Gasteiger partial charge in [0.1, 0.15) is 6.10 Å². The summed E-state index contributed by atoms with van der Waals surface area (Å²) < 4.78 is 1.67. The van der Waals surface area contributed by atoms with E-state index in [2.05, 4.69) is 20.3 Å². The number of imidazole rings is 1. The highest BCUT2D eigenvalue weighted by atomic mass is 35.5. The molecule has 0 radical (unpaired) electrons. The van der Waals surface area contributed by atoms with E-state index in [1.165, 1.54) is 6.33 Å². The molecule has 3 aromatic rings. The zero-order valence-electron chi connectivity index (χ0n) is 16.0. The Balaban J connectivity index is 0.00000256. The van der Waals surface area contributed by atoms with Gasteiger partial charge in [-0.25, -0.2) is 4.98 Å². The quantitative estimate of drug-likeness (QED) is 0.346. The van der Waals surface area contributed by atoms with Crippen molar-refractivity contribution in [3.63, 3.8) is 0 Å². The fraction of sp³-hybridized carbons (Fsp3) is 0.421. The Morgan fingerprint density at radius 2 is 1.93 bits per heavy atom. The number of nitrogens with two attached hydrogens (primary N) is 1. The van der Waals surface area contributed by atoms with E-state index in [9.17, 15) is 15.3 Å². The van der Waals surface area contributed by atoms with Crippen molar-refractivity contribution in [2.75, 3.05) is 11.9 Å². The number of aliphatic hydroxyl groups excluding tert-OH is 3. The summed E-state index contributed by atoms with van der Waals surface area (Å²) in [6.45, 7) is -0.110. The van der Waals surface area contributed by atoms with E-state index in [1.807, 2.05) is 30.3 Å². The number of nitrogens with zero attached hydrogens (tertiary/aromatic N) is 4. The Bertz CT molecular complexity index is 989. The molecule has 1 saturated carbocycles. The first-order valence-corrected chi connectivity index (χ1v) is 9.79. The number of aliphatic hydroxyl groups is 3. The van der Waals surface area contributed by atoms with Crippen molar-refractivity contribution >= 4 is 41.0 Å². The van der Waals surface area contributed by atoms with Crippen LogP contribution in [0.15, 0.2) is 36.7 Å². The maximum Gasteiger partial charge on any atom is 0.226 e. The van der Waals surface area contributed by atoms with Crippen LogP contribution >= 0.6 is 24.0 Å². The number of benzene rings is 1. The molecule has 0 amide bonds. The second-order valence-electron chi connectivity index (χ2n) is 7.33. The molecule has 4 unspecified atom stereocenters. The molecule has 6 N–H and O–H groups in total.